The number of rotatable bonds is 0. The van der Waals surface area contributed by atoms with E-state index in [1.54, 1.807) is 0 Å². The predicted octanol–water partition coefficient (Wildman–Crippen LogP) is -2.28. The van der Waals surface area contributed by atoms with E-state index in [9.17, 15) is 0 Å². The van der Waals surface area contributed by atoms with Crippen LogP contribution in [0, 0.1) is 0 Å². The zero-order valence-corrected chi connectivity index (χ0v) is 11.4. The molecule has 0 aromatic rings. The number of nitrogens with two attached hydrogens (primary N) is 2. The normalized spacial score (nSPS) is 21.3. The van der Waals surface area contributed by atoms with Crippen molar-refractivity contribution in [2.45, 2.75) is 37.8 Å². The van der Waals surface area contributed by atoms with Gasteiger partial charge >= 0.3 is 33.0 Å². The smallest absolute Gasteiger partial charge is 0.473 e. The van der Waals surface area contributed by atoms with Crippen LogP contribution in [0.2, 0.25) is 0 Å². The maximum absolute atomic E-state index is 9.10. The summed E-state index contributed by atoms with van der Waals surface area (Å²) in [6, 6.07) is 0.562. The summed E-state index contributed by atoms with van der Waals surface area (Å²) in [6.45, 7) is 0. The van der Waals surface area contributed by atoms with E-state index in [-0.39, 0.29) is 44.1 Å². The summed E-state index contributed by atoms with van der Waals surface area (Å²) in [6.07, 6.45) is 4.80. The van der Waals surface area contributed by atoms with Crippen LogP contribution in [-0.2, 0) is 30.7 Å². The van der Waals surface area contributed by atoms with Gasteiger partial charge in [-0.1, -0.05) is 12.8 Å². The number of carboxylic acids is 2. The van der Waals surface area contributed by atoms with Gasteiger partial charge in [0, 0.05) is 12.1 Å². The van der Waals surface area contributed by atoms with Crippen molar-refractivity contribution in [2.75, 3.05) is 0 Å². The van der Waals surface area contributed by atoms with Crippen molar-refractivity contribution in [2.24, 2.45) is 11.5 Å². The van der Waals surface area contributed by atoms with Crippen LogP contribution in [0.15, 0.2) is 0 Å². The van der Waals surface area contributed by atoms with E-state index >= 15 is 0 Å². The summed E-state index contributed by atoms with van der Waals surface area (Å²) in [4.78, 5) is 18.2. The number of hydrogen-bond acceptors (Lipinski definition) is 4. The fourth-order valence-corrected chi connectivity index (χ4v) is 1.19. The van der Waals surface area contributed by atoms with Crippen LogP contribution in [0.1, 0.15) is 25.7 Å². The van der Waals surface area contributed by atoms with E-state index in [0.29, 0.717) is 0 Å². The largest absolute Gasteiger partial charge is 2.00 e. The quantitative estimate of drug-likeness (QED) is 0.310. The second kappa shape index (κ2) is 13.5. The Bertz CT molecular complexity index is 194. The van der Waals surface area contributed by atoms with E-state index in [0.717, 1.165) is 12.8 Å². The predicted molar refractivity (Wildman–Crippen MR) is 56.9 cm³/mol. The minimum atomic E-state index is -1.82. The molecule has 0 spiro atoms. The molecule has 0 aliphatic heterocycles. The van der Waals surface area contributed by atoms with Crippen LogP contribution in [0.4, 0.5) is 0 Å². The minimum Gasteiger partial charge on any atom is -0.473 e. The van der Waals surface area contributed by atoms with Gasteiger partial charge in [0.15, 0.2) is 0 Å². The minimum absolute atomic E-state index is 0. The van der Waals surface area contributed by atoms with E-state index in [4.69, 9.17) is 31.3 Å². The SMILES string of the molecule is N[C@@H]1CCCC[C@H]1N.O.O.O=C(O)C(=O)O.[Pt+2]. The van der Waals surface area contributed by atoms with Gasteiger partial charge < -0.3 is 32.6 Å². The van der Waals surface area contributed by atoms with Crippen LogP contribution in [0.3, 0.4) is 0 Å². The average Bonchev–Trinajstić information content (AvgIpc) is 2.11. The van der Waals surface area contributed by atoms with Crippen molar-refractivity contribution < 1.29 is 51.8 Å². The Balaban J connectivity index is -0.0000000873. The van der Waals surface area contributed by atoms with E-state index in [1.165, 1.54) is 12.8 Å². The van der Waals surface area contributed by atoms with Crippen LogP contribution in [0.25, 0.3) is 0 Å². The third-order valence-corrected chi connectivity index (χ3v) is 2.06. The summed E-state index contributed by atoms with van der Waals surface area (Å²) < 4.78 is 0. The molecule has 0 saturated heterocycles. The number of carbonyl (C=O) groups is 2. The Morgan fingerprint density at radius 2 is 1.12 bits per heavy atom. The molecule has 1 fully saturated rings. The second-order valence-corrected chi connectivity index (χ2v) is 3.22. The molecule has 0 radical (unpaired) electrons. The summed E-state index contributed by atoms with van der Waals surface area (Å²) in [5.41, 5.74) is 11.3. The van der Waals surface area contributed by atoms with Crippen LogP contribution < -0.4 is 11.5 Å². The molecule has 0 amide bonds. The van der Waals surface area contributed by atoms with Gasteiger partial charge in [0.25, 0.3) is 0 Å². The first kappa shape index (κ1) is 25.3. The molecule has 2 atom stereocenters. The van der Waals surface area contributed by atoms with Crippen molar-refractivity contribution in [1.82, 2.24) is 0 Å². The second-order valence-electron chi connectivity index (χ2n) is 3.22. The summed E-state index contributed by atoms with van der Waals surface area (Å²) in [5, 5.41) is 14.8. The first-order chi connectivity index (χ1) is 6.45. The Hall–Kier alpha value is -0.532. The molecule has 1 rings (SSSR count). The summed E-state index contributed by atoms with van der Waals surface area (Å²) >= 11 is 0. The monoisotopic (exact) mass is 435 g/mol. The third-order valence-electron chi connectivity index (χ3n) is 2.06. The van der Waals surface area contributed by atoms with Crippen molar-refractivity contribution >= 4 is 11.9 Å². The first-order valence-electron chi connectivity index (χ1n) is 4.42. The summed E-state index contributed by atoms with van der Waals surface area (Å²) in [7, 11) is 0. The number of hydrogen-bond donors (Lipinski definition) is 4. The van der Waals surface area contributed by atoms with E-state index in [2.05, 4.69) is 0 Å². The Morgan fingerprint density at radius 3 is 1.24 bits per heavy atom. The molecule has 0 heterocycles. The molecular weight excluding hydrogens is 415 g/mol. The van der Waals surface area contributed by atoms with E-state index in [1.807, 2.05) is 0 Å². The van der Waals surface area contributed by atoms with Crippen molar-refractivity contribution in [3.8, 4) is 0 Å². The summed E-state index contributed by atoms with van der Waals surface area (Å²) in [5.74, 6) is -3.65. The maximum Gasteiger partial charge on any atom is 2.00 e. The van der Waals surface area contributed by atoms with Crippen LogP contribution in [-0.4, -0.2) is 45.2 Å². The fraction of sp³-hybridized carbons (Fsp3) is 0.750. The standard InChI is InChI=1S/C6H14N2.C2H2O4.2H2O.Pt/c7-5-3-1-2-4-6(5)8;3-1(4)2(5)6;;;/h5-6H,1-4,7-8H2;(H,3,4)(H,5,6);2*1H2;/q;;;;+2/t5-,6-;;;;/m1..../s1. The Labute approximate surface area is 113 Å². The molecule has 9 heteroatoms. The molecule has 0 unspecified atom stereocenters. The van der Waals surface area contributed by atoms with E-state index < -0.39 is 11.9 Å². The zero-order chi connectivity index (χ0) is 11.1. The van der Waals surface area contributed by atoms with Crippen molar-refractivity contribution in [3.63, 3.8) is 0 Å². The molecular formula is C8H20N2O6Pt+2. The van der Waals surface area contributed by atoms with Crippen molar-refractivity contribution in [3.05, 3.63) is 0 Å². The van der Waals surface area contributed by atoms with Gasteiger partial charge in [0.1, 0.15) is 0 Å². The molecule has 1 aliphatic rings. The van der Waals surface area contributed by atoms with Crippen LogP contribution >= 0.6 is 0 Å². The van der Waals surface area contributed by atoms with Crippen LogP contribution in [0.5, 0.6) is 0 Å². The maximum atomic E-state index is 9.10. The molecule has 10 N–H and O–H groups in total. The number of carboxylic acid groups (broad SMARTS) is 2. The van der Waals surface area contributed by atoms with Gasteiger partial charge in [0.05, 0.1) is 0 Å². The molecule has 8 nitrogen and oxygen atoms in total. The number of aliphatic carboxylic acids is 2. The fourth-order valence-electron chi connectivity index (χ4n) is 1.19. The van der Waals surface area contributed by atoms with Gasteiger partial charge in [-0.15, -0.1) is 0 Å². The molecule has 0 aromatic heterocycles. The molecule has 0 bridgehead atoms. The molecule has 0 aromatic carbocycles. The third kappa shape index (κ3) is 13.4. The molecule has 17 heavy (non-hydrogen) atoms. The molecule has 1 saturated carbocycles. The van der Waals surface area contributed by atoms with Gasteiger partial charge in [-0.3, -0.25) is 0 Å². The Morgan fingerprint density at radius 1 is 0.882 bits per heavy atom. The zero-order valence-electron chi connectivity index (χ0n) is 9.16. The first-order valence-corrected chi connectivity index (χ1v) is 4.42. The average molecular weight is 435 g/mol. The van der Waals surface area contributed by atoms with Gasteiger partial charge in [-0.05, 0) is 12.8 Å². The molecule has 1 aliphatic carbocycles. The Kier molecular flexibility index (Phi) is 20.2. The van der Waals surface area contributed by atoms with Gasteiger partial charge in [-0.2, -0.15) is 0 Å². The molecule has 106 valence electrons. The van der Waals surface area contributed by atoms with Crippen molar-refractivity contribution in [1.29, 1.82) is 0 Å². The van der Waals surface area contributed by atoms with Gasteiger partial charge in [0.2, 0.25) is 0 Å². The van der Waals surface area contributed by atoms with Gasteiger partial charge in [-0.25, -0.2) is 9.59 Å². The topological polar surface area (TPSA) is 190 Å².